The largest absolute Gasteiger partial charge is 0.379 e. The zero-order valence-corrected chi connectivity index (χ0v) is 20.2. The van der Waals surface area contributed by atoms with Crippen LogP contribution in [0.3, 0.4) is 0 Å². The normalized spacial score (nSPS) is 15.8. The van der Waals surface area contributed by atoms with E-state index in [0.717, 1.165) is 24.7 Å². The predicted octanol–water partition coefficient (Wildman–Crippen LogP) is 4.44. The van der Waals surface area contributed by atoms with E-state index in [0.29, 0.717) is 49.0 Å². The lowest BCUT2D eigenvalue weighted by molar-refractivity contribution is -0.112. The first kappa shape index (κ1) is 25.6. The molecule has 190 valence electrons. The lowest BCUT2D eigenvalue weighted by atomic mass is 10.1. The molecule has 1 saturated heterocycles. The van der Waals surface area contributed by atoms with Gasteiger partial charge in [-0.2, -0.15) is 0 Å². The third-order valence-electron chi connectivity index (χ3n) is 5.99. The molecule has 2 aromatic heterocycles. The first-order chi connectivity index (χ1) is 17.4. The van der Waals surface area contributed by atoms with Crippen LogP contribution in [0.25, 0.3) is 10.9 Å². The lowest BCUT2D eigenvalue weighted by Crippen LogP contribution is -2.37. The van der Waals surface area contributed by atoms with Crippen LogP contribution in [0.4, 0.5) is 20.4 Å². The molecule has 1 aromatic carbocycles. The minimum Gasteiger partial charge on any atom is -0.379 e. The molecule has 0 bridgehead atoms. The van der Waals surface area contributed by atoms with E-state index in [4.69, 9.17) is 4.74 Å². The van der Waals surface area contributed by atoms with Crippen molar-refractivity contribution in [2.75, 3.05) is 43.5 Å². The summed E-state index contributed by atoms with van der Waals surface area (Å²) < 4.78 is 33.8. The van der Waals surface area contributed by atoms with E-state index in [1.165, 1.54) is 12.5 Å². The maximum Gasteiger partial charge on any atom is 0.267 e. The Labute approximate surface area is 208 Å². The summed E-state index contributed by atoms with van der Waals surface area (Å²) in [6.07, 6.45) is 4.47. The van der Waals surface area contributed by atoms with Gasteiger partial charge in [0.1, 0.15) is 18.0 Å². The number of anilines is 2. The summed E-state index contributed by atoms with van der Waals surface area (Å²) in [4.78, 5) is 27.2. The Morgan fingerprint density at radius 1 is 1.19 bits per heavy atom. The molecule has 10 heteroatoms. The van der Waals surface area contributed by atoms with Crippen LogP contribution in [0.15, 0.2) is 61.1 Å². The zero-order chi connectivity index (χ0) is 25.4. The Bertz CT molecular complexity index is 1190. The van der Waals surface area contributed by atoms with Gasteiger partial charge in [0.25, 0.3) is 5.92 Å². The fraction of sp³-hybridized carbons (Fsp3) is 0.385. The Kier molecular flexibility index (Phi) is 8.50. The molecule has 0 radical (unpaired) electrons. The number of fused-ring (bicyclic) bond motifs is 1. The number of hydrogen-bond acceptors (Lipinski definition) is 7. The van der Waals surface area contributed by atoms with Crippen molar-refractivity contribution in [3.05, 3.63) is 66.6 Å². The van der Waals surface area contributed by atoms with Crippen LogP contribution in [0.2, 0.25) is 0 Å². The SMILES string of the molecule is CC(Nc1ncnc2cnc(NC(=O)/C=C/C(F)(F)CCCN3CCOCC3)cc12)c1ccccc1. The predicted molar refractivity (Wildman–Crippen MR) is 135 cm³/mol. The van der Waals surface area contributed by atoms with Crippen molar-refractivity contribution < 1.29 is 18.3 Å². The van der Waals surface area contributed by atoms with Gasteiger partial charge in [-0.05, 0) is 37.6 Å². The maximum absolute atomic E-state index is 14.2. The Hall–Kier alpha value is -3.50. The van der Waals surface area contributed by atoms with Gasteiger partial charge < -0.3 is 15.4 Å². The van der Waals surface area contributed by atoms with Crippen LogP contribution in [0, 0.1) is 0 Å². The second-order valence-electron chi connectivity index (χ2n) is 8.73. The Morgan fingerprint density at radius 2 is 1.97 bits per heavy atom. The minimum absolute atomic E-state index is 0.0242. The monoisotopic (exact) mass is 496 g/mol. The van der Waals surface area contributed by atoms with Crippen molar-refractivity contribution in [3.8, 4) is 0 Å². The van der Waals surface area contributed by atoms with E-state index in [-0.39, 0.29) is 18.3 Å². The fourth-order valence-electron chi connectivity index (χ4n) is 3.98. The van der Waals surface area contributed by atoms with Gasteiger partial charge in [0.15, 0.2) is 0 Å². The quantitative estimate of drug-likeness (QED) is 0.401. The molecular formula is C26H30F2N6O2. The third-order valence-corrected chi connectivity index (χ3v) is 5.99. The first-order valence-corrected chi connectivity index (χ1v) is 12.0. The summed E-state index contributed by atoms with van der Waals surface area (Å²) in [6.45, 7) is 5.39. The van der Waals surface area contributed by atoms with E-state index in [2.05, 4.69) is 30.5 Å². The molecule has 2 N–H and O–H groups in total. The van der Waals surface area contributed by atoms with Crippen LogP contribution in [0.1, 0.15) is 31.4 Å². The fourth-order valence-corrected chi connectivity index (χ4v) is 3.98. The van der Waals surface area contributed by atoms with Crippen molar-refractivity contribution in [2.45, 2.75) is 31.7 Å². The number of halogens is 2. The van der Waals surface area contributed by atoms with Crippen LogP contribution < -0.4 is 10.6 Å². The minimum atomic E-state index is -3.07. The number of nitrogens with zero attached hydrogens (tertiary/aromatic N) is 4. The van der Waals surface area contributed by atoms with Crippen LogP contribution in [-0.2, 0) is 9.53 Å². The number of benzene rings is 1. The van der Waals surface area contributed by atoms with Gasteiger partial charge in [0.2, 0.25) is 5.91 Å². The molecule has 4 rings (SSSR count). The van der Waals surface area contributed by atoms with E-state index < -0.39 is 11.8 Å². The number of rotatable bonds is 10. The van der Waals surface area contributed by atoms with Crippen molar-refractivity contribution in [3.63, 3.8) is 0 Å². The average Bonchev–Trinajstić information content (AvgIpc) is 2.89. The molecule has 1 unspecified atom stereocenters. The highest BCUT2D eigenvalue weighted by atomic mass is 19.3. The molecule has 1 fully saturated rings. The number of pyridine rings is 1. The van der Waals surface area contributed by atoms with Gasteiger partial charge in [-0.1, -0.05) is 30.3 Å². The van der Waals surface area contributed by atoms with Gasteiger partial charge in [0, 0.05) is 37.0 Å². The molecule has 0 saturated carbocycles. The van der Waals surface area contributed by atoms with E-state index in [1.54, 1.807) is 6.07 Å². The van der Waals surface area contributed by atoms with Crippen LogP contribution in [0.5, 0.6) is 0 Å². The van der Waals surface area contributed by atoms with Crippen molar-refractivity contribution in [1.82, 2.24) is 19.9 Å². The second-order valence-corrected chi connectivity index (χ2v) is 8.73. The molecule has 1 aliphatic heterocycles. The highest BCUT2D eigenvalue weighted by molar-refractivity contribution is 6.00. The zero-order valence-electron chi connectivity index (χ0n) is 20.2. The summed E-state index contributed by atoms with van der Waals surface area (Å²) >= 11 is 0. The molecule has 8 nitrogen and oxygen atoms in total. The van der Waals surface area contributed by atoms with Gasteiger partial charge in [-0.3, -0.25) is 9.69 Å². The molecule has 0 spiro atoms. The summed E-state index contributed by atoms with van der Waals surface area (Å²) in [5.41, 5.74) is 1.68. The molecule has 3 heterocycles. The van der Waals surface area contributed by atoms with Gasteiger partial charge >= 0.3 is 0 Å². The second kappa shape index (κ2) is 12.0. The number of aromatic nitrogens is 3. The number of allylic oxidation sites excluding steroid dienone is 1. The van der Waals surface area contributed by atoms with Gasteiger partial charge in [-0.25, -0.2) is 23.7 Å². The number of carbonyl (C=O) groups is 1. The number of hydrogen-bond donors (Lipinski definition) is 2. The lowest BCUT2D eigenvalue weighted by Gasteiger charge is -2.26. The Morgan fingerprint density at radius 3 is 2.75 bits per heavy atom. The van der Waals surface area contributed by atoms with Gasteiger partial charge in [0.05, 0.1) is 24.9 Å². The molecule has 36 heavy (non-hydrogen) atoms. The van der Waals surface area contributed by atoms with E-state index in [1.807, 2.05) is 37.3 Å². The smallest absolute Gasteiger partial charge is 0.267 e. The Balaban J connectivity index is 1.36. The molecule has 1 amide bonds. The van der Waals surface area contributed by atoms with Crippen LogP contribution >= 0.6 is 0 Å². The summed E-state index contributed by atoms with van der Waals surface area (Å²) in [6, 6.07) is 11.5. The number of amides is 1. The number of alkyl halides is 2. The molecule has 1 aliphatic rings. The number of carbonyl (C=O) groups excluding carboxylic acids is 1. The van der Waals surface area contributed by atoms with E-state index in [9.17, 15) is 13.6 Å². The van der Waals surface area contributed by atoms with Gasteiger partial charge in [-0.15, -0.1) is 0 Å². The van der Waals surface area contributed by atoms with Crippen LogP contribution in [-0.4, -0.2) is 64.5 Å². The van der Waals surface area contributed by atoms with Crippen molar-refractivity contribution >= 4 is 28.4 Å². The van der Waals surface area contributed by atoms with Crippen molar-refractivity contribution in [2.24, 2.45) is 0 Å². The molecular weight excluding hydrogens is 466 g/mol. The number of nitrogens with one attached hydrogen (secondary N) is 2. The number of morpholine rings is 1. The van der Waals surface area contributed by atoms with E-state index >= 15 is 0 Å². The summed E-state index contributed by atoms with van der Waals surface area (Å²) in [7, 11) is 0. The summed E-state index contributed by atoms with van der Waals surface area (Å²) in [5, 5.41) is 6.56. The maximum atomic E-state index is 14.2. The average molecular weight is 497 g/mol. The highest BCUT2D eigenvalue weighted by Crippen LogP contribution is 2.26. The molecule has 3 aromatic rings. The van der Waals surface area contributed by atoms with Crippen molar-refractivity contribution in [1.29, 1.82) is 0 Å². The summed E-state index contributed by atoms with van der Waals surface area (Å²) in [5.74, 6) is -2.95. The molecule has 1 atom stereocenters. The third kappa shape index (κ3) is 7.25. The highest BCUT2D eigenvalue weighted by Gasteiger charge is 2.25. The standard InChI is InChI=1S/C26H30F2N6O2/c1-19(20-6-3-2-4-7-20)32-25-21-16-23(29-17-22(21)30-18-31-25)33-24(35)8-10-26(27,28)9-5-11-34-12-14-36-15-13-34/h2-4,6-8,10,16-19H,5,9,11-15H2,1H3,(H,29,33,35)(H,30,31,32)/b10-8+. The first-order valence-electron chi connectivity index (χ1n) is 12.0. The topological polar surface area (TPSA) is 92.3 Å². The number of ether oxygens (including phenoxy) is 1. The molecule has 0 aliphatic carbocycles.